The van der Waals surface area contributed by atoms with E-state index >= 15 is 0 Å². The minimum Gasteiger partial charge on any atom is -0.289 e. The van der Waals surface area contributed by atoms with Gasteiger partial charge in [-0.1, -0.05) is 57.8 Å². The van der Waals surface area contributed by atoms with E-state index in [1.54, 1.807) is 0 Å². The van der Waals surface area contributed by atoms with E-state index in [0.717, 1.165) is 18.4 Å². The average molecular weight is 263 g/mol. The van der Waals surface area contributed by atoms with E-state index in [0.29, 0.717) is 5.92 Å². The van der Waals surface area contributed by atoms with Gasteiger partial charge in [0.05, 0.1) is 0 Å². The number of amides is 2. The summed E-state index contributed by atoms with van der Waals surface area (Å²) in [6, 6.07) is 0. The summed E-state index contributed by atoms with van der Waals surface area (Å²) in [5, 5.41) is 2.38. The second-order valence-electron chi connectivity index (χ2n) is 5.87. The molecule has 0 aromatic rings. The second-order valence-corrected chi connectivity index (χ2v) is 5.87. The van der Waals surface area contributed by atoms with Gasteiger partial charge in [0, 0.05) is 11.6 Å². The quantitative estimate of drug-likeness (QED) is 0.736. The molecule has 19 heavy (non-hydrogen) atoms. The van der Waals surface area contributed by atoms with Gasteiger partial charge in [-0.2, -0.15) is 0 Å². The fraction of sp³-hybridized carbons (Fsp3) is 0.750. The van der Waals surface area contributed by atoms with Gasteiger partial charge in [0.1, 0.15) is 0 Å². The van der Waals surface area contributed by atoms with Crippen LogP contribution < -0.4 is 5.32 Å². The van der Waals surface area contributed by atoms with E-state index < -0.39 is 0 Å². The first-order valence-electron chi connectivity index (χ1n) is 7.84. The predicted octanol–water partition coefficient (Wildman–Crippen LogP) is 3.49. The smallest absolute Gasteiger partial charge is 0.254 e. The van der Waals surface area contributed by atoms with Crippen LogP contribution in [0.3, 0.4) is 0 Å². The molecule has 0 aromatic heterocycles. The fourth-order valence-corrected chi connectivity index (χ4v) is 3.20. The largest absolute Gasteiger partial charge is 0.289 e. The highest BCUT2D eigenvalue weighted by Gasteiger charge is 2.27. The van der Waals surface area contributed by atoms with E-state index in [-0.39, 0.29) is 11.8 Å². The van der Waals surface area contributed by atoms with Gasteiger partial charge in [-0.05, 0) is 18.8 Å². The maximum Gasteiger partial charge on any atom is 0.254 e. The van der Waals surface area contributed by atoms with Crippen LogP contribution in [0.5, 0.6) is 0 Å². The molecule has 0 atom stereocenters. The van der Waals surface area contributed by atoms with Gasteiger partial charge in [0.2, 0.25) is 0 Å². The Morgan fingerprint density at radius 3 is 1.68 bits per heavy atom. The zero-order chi connectivity index (χ0) is 13.5. The maximum atomic E-state index is 11.8. The lowest BCUT2D eigenvalue weighted by atomic mass is 9.87. The van der Waals surface area contributed by atoms with Gasteiger partial charge < -0.3 is 0 Å². The Morgan fingerprint density at radius 1 is 0.789 bits per heavy atom. The summed E-state index contributed by atoms with van der Waals surface area (Å²) < 4.78 is 0. The first-order valence-corrected chi connectivity index (χ1v) is 7.84. The monoisotopic (exact) mass is 263 g/mol. The normalized spacial score (nSPS) is 24.3. The molecule has 0 bridgehead atoms. The van der Waals surface area contributed by atoms with Crippen molar-refractivity contribution in [1.82, 2.24) is 5.32 Å². The van der Waals surface area contributed by atoms with Crippen molar-refractivity contribution in [3.05, 3.63) is 11.6 Å². The molecule has 1 aliphatic heterocycles. The Kier molecular flexibility index (Phi) is 5.62. The molecule has 0 radical (unpaired) electrons. The van der Waals surface area contributed by atoms with Gasteiger partial charge in [0.25, 0.3) is 11.8 Å². The third-order valence-electron chi connectivity index (χ3n) is 4.33. The molecule has 2 amide bonds. The topological polar surface area (TPSA) is 46.2 Å². The molecule has 2 aliphatic rings. The van der Waals surface area contributed by atoms with E-state index in [1.165, 1.54) is 63.9 Å². The molecule has 3 nitrogen and oxygen atoms in total. The molecule has 0 saturated heterocycles. The molecular weight excluding hydrogens is 238 g/mol. The van der Waals surface area contributed by atoms with Crippen LogP contribution >= 0.6 is 0 Å². The molecule has 1 fully saturated rings. The average Bonchev–Trinajstić information content (AvgIpc) is 2.69. The summed E-state index contributed by atoms with van der Waals surface area (Å²) >= 11 is 0. The van der Waals surface area contributed by atoms with Crippen molar-refractivity contribution < 1.29 is 9.59 Å². The van der Waals surface area contributed by atoms with E-state index in [9.17, 15) is 9.59 Å². The van der Waals surface area contributed by atoms with Crippen molar-refractivity contribution in [2.24, 2.45) is 5.92 Å². The third kappa shape index (κ3) is 4.48. The Balaban J connectivity index is 1.93. The zero-order valence-electron chi connectivity index (χ0n) is 11.7. The lowest BCUT2D eigenvalue weighted by Gasteiger charge is -2.17. The summed E-state index contributed by atoms with van der Waals surface area (Å²) in [4.78, 5) is 23.0. The summed E-state index contributed by atoms with van der Waals surface area (Å²) in [6.07, 6.45) is 15.3. The molecular formula is C16H25NO2. The number of hydrogen-bond acceptors (Lipinski definition) is 2. The van der Waals surface area contributed by atoms with Crippen molar-refractivity contribution in [1.29, 1.82) is 0 Å². The Labute approximate surface area is 115 Å². The molecule has 3 heteroatoms. The maximum absolute atomic E-state index is 11.8. The highest BCUT2D eigenvalue weighted by atomic mass is 16.2. The van der Waals surface area contributed by atoms with Crippen LogP contribution in [0.25, 0.3) is 0 Å². The van der Waals surface area contributed by atoms with E-state index in [1.807, 2.05) is 0 Å². The van der Waals surface area contributed by atoms with Gasteiger partial charge >= 0.3 is 0 Å². The molecule has 0 spiro atoms. The first-order chi connectivity index (χ1) is 9.27. The van der Waals surface area contributed by atoms with Crippen LogP contribution in [-0.4, -0.2) is 11.8 Å². The Morgan fingerprint density at radius 2 is 1.26 bits per heavy atom. The predicted molar refractivity (Wildman–Crippen MR) is 75.5 cm³/mol. The van der Waals surface area contributed by atoms with Crippen molar-refractivity contribution >= 4 is 11.8 Å². The van der Waals surface area contributed by atoms with Crippen molar-refractivity contribution in [3.8, 4) is 0 Å². The van der Waals surface area contributed by atoms with Gasteiger partial charge in [-0.15, -0.1) is 0 Å². The van der Waals surface area contributed by atoms with Crippen molar-refractivity contribution in [3.63, 3.8) is 0 Å². The summed E-state index contributed by atoms with van der Waals surface area (Å²) in [7, 11) is 0. The zero-order valence-corrected chi connectivity index (χ0v) is 11.7. The van der Waals surface area contributed by atoms with Crippen LogP contribution in [0.4, 0.5) is 0 Å². The SMILES string of the molecule is O=C1C=C(C2CCCCCCCCCCC2)C(=O)N1. The van der Waals surface area contributed by atoms with Gasteiger partial charge in [0.15, 0.2) is 0 Å². The molecule has 2 rings (SSSR count). The molecule has 0 unspecified atom stereocenters. The summed E-state index contributed by atoms with van der Waals surface area (Å²) in [5.74, 6) is -0.0842. The van der Waals surface area contributed by atoms with Crippen molar-refractivity contribution in [2.75, 3.05) is 0 Å². The molecule has 1 N–H and O–H groups in total. The molecule has 0 aromatic carbocycles. The number of carbonyl (C=O) groups is 2. The first kappa shape index (κ1) is 14.3. The third-order valence-corrected chi connectivity index (χ3v) is 4.33. The number of rotatable bonds is 1. The number of imide groups is 1. The standard InChI is InChI=1S/C16H25NO2/c18-15-12-14(16(19)17-15)13-10-8-6-4-2-1-3-5-7-9-11-13/h12-13H,1-11H2,(H,17,18,19). The minimum atomic E-state index is -0.230. The van der Waals surface area contributed by atoms with Crippen LogP contribution in [0.15, 0.2) is 11.6 Å². The molecule has 1 aliphatic carbocycles. The highest BCUT2D eigenvalue weighted by molar-refractivity contribution is 6.16. The van der Waals surface area contributed by atoms with Crippen LogP contribution in [0.2, 0.25) is 0 Å². The van der Waals surface area contributed by atoms with Crippen LogP contribution in [-0.2, 0) is 9.59 Å². The summed E-state index contributed by atoms with van der Waals surface area (Å²) in [5.41, 5.74) is 0.738. The molecule has 106 valence electrons. The van der Waals surface area contributed by atoms with E-state index in [4.69, 9.17) is 0 Å². The van der Waals surface area contributed by atoms with Gasteiger partial charge in [-0.25, -0.2) is 0 Å². The number of carbonyl (C=O) groups excluding carboxylic acids is 2. The molecule has 1 saturated carbocycles. The summed E-state index contributed by atoms with van der Waals surface area (Å²) in [6.45, 7) is 0. The van der Waals surface area contributed by atoms with E-state index in [2.05, 4.69) is 5.32 Å². The van der Waals surface area contributed by atoms with Crippen LogP contribution in [0.1, 0.15) is 70.6 Å². The number of nitrogens with one attached hydrogen (secondary N) is 1. The number of hydrogen-bond donors (Lipinski definition) is 1. The second kappa shape index (κ2) is 7.46. The van der Waals surface area contributed by atoms with Crippen LogP contribution in [0, 0.1) is 5.92 Å². The Hall–Kier alpha value is -1.12. The lowest BCUT2D eigenvalue weighted by molar-refractivity contribution is -0.124. The molecule has 1 heterocycles. The Bertz CT molecular complexity index is 348. The highest BCUT2D eigenvalue weighted by Crippen LogP contribution is 2.28. The minimum absolute atomic E-state index is 0.151. The van der Waals surface area contributed by atoms with Gasteiger partial charge in [-0.3, -0.25) is 14.9 Å². The lowest BCUT2D eigenvalue weighted by Crippen LogP contribution is -2.24. The van der Waals surface area contributed by atoms with Crippen molar-refractivity contribution in [2.45, 2.75) is 70.6 Å². The fourth-order valence-electron chi connectivity index (χ4n) is 3.20.